The lowest BCUT2D eigenvalue weighted by Gasteiger charge is -2.10. The van der Waals surface area contributed by atoms with Crippen molar-refractivity contribution in [3.8, 4) is 0 Å². The molecule has 160 valence electrons. The molecule has 0 fully saturated rings. The van der Waals surface area contributed by atoms with Crippen LogP contribution in [-0.4, -0.2) is 19.2 Å². The predicted molar refractivity (Wildman–Crippen MR) is 117 cm³/mol. The molecule has 5 heteroatoms. The summed E-state index contributed by atoms with van der Waals surface area (Å²) < 4.78 is 30.7. The Labute approximate surface area is 181 Å². The molecule has 0 aliphatic heterocycles. The lowest BCUT2D eigenvalue weighted by atomic mass is 10.1. The fourth-order valence-corrected chi connectivity index (χ4v) is 2.84. The summed E-state index contributed by atoms with van der Waals surface area (Å²) in [5.74, 6) is -1.04. The van der Waals surface area contributed by atoms with E-state index in [9.17, 15) is 9.18 Å². The number of ether oxygens (including phenoxy) is 3. The van der Waals surface area contributed by atoms with Crippen LogP contribution in [0.3, 0.4) is 0 Å². The predicted octanol–water partition coefficient (Wildman–Crippen LogP) is 5.32. The molecule has 0 bridgehead atoms. The van der Waals surface area contributed by atoms with E-state index in [2.05, 4.69) is 6.58 Å². The molecule has 0 radical (unpaired) electrons. The minimum Gasteiger partial charge on any atom is -0.457 e. The first kappa shape index (κ1) is 22.4. The molecule has 4 nitrogen and oxygen atoms in total. The Kier molecular flexibility index (Phi) is 8.52. The molecular formula is C26H25FO4. The van der Waals surface area contributed by atoms with Crippen LogP contribution >= 0.6 is 0 Å². The van der Waals surface area contributed by atoms with Crippen LogP contribution in [0.25, 0.3) is 5.57 Å². The molecule has 0 saturated heterocycles. The van der Waals surface area contributed by atoms with Crippen LogP contribution in [0.4, 0.5) is 4.39 Å². The number of esters is 1. The Hall–Kier alpha value is -3.28. The van der Waals surface area contributed by atoms with Crippen molar-refractivity contribution in [3.05, 3.63) is 114 Å². The van der Waals surface area contributed by atoms with E-state index in [1.165, 1.54) is 6.07 Å². The minimum atomic E-state index is -0.581. The molecule has 0 heterocycles. The van der Waals surface area contributed by atoms with Gasteiger partial charge in [0.1, 0.15) is 12.4 Å². The van der Waals surface area contributed by atoms with Gasteiger partial charge in [-0.25, -0.2) is 9.18 Å². The van der Waals surface area contributed by atoms with Gasteiger partial charge in [-0.15, -0.1) is 0 Å². The van der Waals surface area contributed by atoms with Crippen molar-refractivity contribution < 1.29 is 23.4 Å². The fourth-order valence-electron chi connectivity index (χ4n) is 2.84. The van der Waals surface area contributed by atoms with Crippen molar-refractivity contribution in [2.24, 2.45) is 0 Å². The monoisotopic (exact) mass is 420 g/mol. The molecule has 3 aromatic rings. The highest BCUT2D eigenvalue weighted by atomic mass is 19.1. The molecular weight excluding hydrogens is 395 g/mol. The van der Waals surface area contributed by atoms with Crippen molar-refractivity contribution in [2.45, 2.75) is 19.8 Å². The van der Waals surface area contributed by atoms with Crippen LogP contribution in [0.5, 0.6) is 0 Å². The van der Waals surface area contributed by atoms with Crippen LogP contribution in [-0.2, 0) is 38.8 Å². The van der Waals surface area contributed by atoms with Gasteiger partial charge in [-0.3, -0.25) is 0 Å². The van der Waals surface area contributed by atoms with Gasteiger partial charge in [0.15, 0.2) is 0 Å². The van der Waals surface area contributed by atoms with Gasteiger partial charge in [0, 0.05) is 5.56 Å². The molecule has 0 spiro atoms. The third-order valence-corrected chi connectivity index (χ3v) is 4.60. The number of hydrogen-bond donors (Lipinski definition) is 0. The van der Waals surface area contributed by atoms with Crippen molar-refractivity contribution in [2.75, 3.05) is 13.2 Å². The zero-order chi connectivity index (χ0) is 21.9. The summed E-state index contributed by atoms with van der Waals surface area (Å²) in [5, 5.41) is 0. The topological polar surface area (TPSA) is 44.8 Å². The largest absolute Gasteiger partial charge is 0.457 e. The van der Waals surface area contributed by atoms with Gasteiger partial charge in [-0.1, -0.05) is 79.4 Å². The molecule has 0 unspecified atom stereocenters. The summed E-state index contributed by atoms with van der Waals surface area (Å²) in [5.41, 5.74) is 2.85. The summed E-state index contributed by atoms with van der Waals surface area (Å²) in [6.45, 7) is 5.27. The van der Waals surface area contributed by atoms with Gasteiger partial charge < -0.3 is 14.2 Å². The van der Waals surface area contributed by atoms with Crippen LogP contribution < -0.4 is 0 Å². The summed E-state index contributed by atoms with van der Waals surface area (Å²) in [6.07, 6.45) is 0. The van der Waals surface area contributed by atoms with E-state index < -0.39 is 11.8 Å². The number of hydrogen-bond acceptors (Lipinski definition) is 4. The molecule has 0 aromatic heterocycles. The van der Waals surface area contributed by atoms with Gasteiger partial charge in [0.2, 0.25) is 0 Å². The van der Waals surface area contributed by atoms with Gasteiger partial charge in [-0.2, -0.15) is 0 Å². The van der Waals surface area contributed by atoms with E-state index in [4.69, 9.17) is 14.2 Å². The van der Waals surface area contributed by atoms with Crippen LogP contribution in [0.15, 0.2) is 85.4 Å². The number of halogens is 1. The molecule has 0 N–H and O–H groups in total. The third-order valence-electron chi connectivity index (χ3n) is 4.60. The first-order valence-electron chi connectivity index (χ1n) is 10.0. The Morgan fingerprint density at radius 3 is 1.97 bits per heavy atom. The lowest BCUT2D eigenvalue weighted by molar-refractivity contribution is -0.137. The highest BCUT2D eigenvalue weighted by Crippen LogP contribution is 2.19. The van der Waals surface area contributed by atoms with Crippen LogP contribution in [0.1, 0.15) is 22.3 Å². The molecule has 0 atom stereocenters. The number of carbonyl (C=O) groups excluding carboxylic acids is 1. The van der Waals surface area contributed by atoms with E-state index in [0.717, 1.165) is 11.1 Å². The molecule has 3 rings (SSSR count). The average Bonchev–Trinajstić information content (AvgIpc) is 2.81. The Balaban J connectivity index is 1.41. The normalized spacial score (nSPS) is 10.6. The van der Waals surface area contributed by atoms with Crippen molar-refractivity contribution in [1.29, 1.82) is 0 Å². The summed E-state index contributed by atoms with van der Waals surface area (Å²) in [6, 6.07) is 23.7. The number of rotatable bonds is 11. The molecule has 0 aliphatic rings. The Morgan fingerprint density at radius 2 is 1.35 bits per heavy atom. The summed E-state index contributed by atoms with van der Waals surface area (Å²) >= 11 is 0. The summed E-state index contributed by atoms with van der Waals surface area (Å²) in [7, 11) is 0. The van der Waals surface area contributed by atoms with Crippen LogP contribution in [0.2, 0.25) is 0 Å². The van der Waals surface area contributed by atoms with E-state index in [1.807, 2.05) is 60.7 Å². The second kappa shape index (κ2) is 11.8. The third kappa shape index (κ3) is 7.17. The Bertz CT molecular complexity index is 987. The smallest absolute Gasteiger partial charge is 0.338 e. The zero-order valence-electron chi connectivity index (χ0n) is 17.3. The van der Waals surface area contributed by atoms with Crippen molar-refractivity contribution in [3.63, 3.8) is 0 Å². The number of benzene rings is 3. The summed E-state index contributed by atoms with van der Waals surface area (Å²) in [4.78, 5) is 12.2. The van der Waals surface area contributed by atoms with Gasteiger partial charge in [0.25, 0.3) is 0 Å². The van der Waals surface area contributed by atoms with E-state index in [-0.39, 0.29) is 18.8 Å². The first-order chi connectivity index (χ1) is 15.1. The van der Waals surface area contributed by atoms with Crippen molar-refractivity contribution in [1.82, 2.24) is 0 Å². The second-order valence-electron chi connectivity index (χ2n) is 6.94. The first-order valence-corrected chi connectivity index (χ1v) is 10.0. The standard InChI is InChI=1S/C26H25FO4/c1-20(26(28)31-18-22-10-6-3-7-11-22)23-12-13-24(25(27)16-23)19-30-15-14-29-17-21-8-4-2-5-9-21/h2-13,16H,1,14-15,17-19H2. The van der Waals surface area contributed by atoms with E-state index >= 15 is 0 Å². The van der Waals surface area contributed by atoms with Gasteiger partial charge in [0.05, 0.1) is 32.0 Å². The Morgan fingerprint density at radius 1 is 0.774 bits per heavy atom. The molecule has 31 heavy (non-hydrogen) atoms. The quantitative estimate of drug-likeness (QED) is 0.239. The SMILES string of the molecule is C=C(C(=O)OCc1ccccc1)c1ccc(COCCOCc2ccccc2)c(F)c1. The molecule has 0 aliphatic carbocycles. The highest BCUT2D eigenvalue weighted by molar-refractivity contribution is 6.15. The van der Waals surface area contributed by atoms with Crippen LogP contribution in [0, 0.1) is 5.82 Å². The van der Waals surface area contributed by atoms with Gasteiger partial charge in [-0.05, 0) is 22.8 Å². The molecule has 3 aromatic carbocycles. The number of carbonyl (C=O) groups is 1. The maximum atomic E-state index is 14.4. The van der Waals surface area contributed by atoms with Crippen molar-refractivity contribution >= 4 is 11.5 Å². The maximum Gasteiger partial charge on any atom is 0.338 e. The minimum absolute atomic E-state index is 0.108. The maximum absolute atomic E-state index is 14.4. The van der Waals surface area contributed by atoms with E-state index in [0.29, 0.717) is 30.9 Å². The van der Waals surface area contributed by atoms with Gasteiger partial charge >= 0.3 is 5.97 Å². The fraction of sp³-hybridized carbons (Fsp3) is 0.192. The molecule has 0 amide bonds. The molecule has 0 saturated carbocycles. The lowest BCUT2D eigenvalue weighted by Crippen LogP contribution is -2.08. The highest BCUT2D eigenvalue weighted by Gasteiger charge is 2.14. The van der Waals surface area contributed by atoms with E-state index in [1.54, 1.807) is 12.1 Å². The average molecular weight is 420 g/mol. The zero-order valence-corrected chi connectivity index (χ0v) is 17.3. The second-order valence-corrected chi connectivity index (χ2v) is 6.94.